The van der Waals surface area contributed by atoms with Gasteiger partial charge in [-0.1, -0.05) is 24.7 Å². The average Bonchev–Trinajstić information content (AvgIpc) is 2.91. The molecule has 124 valence electrons. The number of carboxylic acids is 1. The van der Waals surface area contributed by atoms with Gasteiger partial charge in [0.1, 0.15) is 0 Å². The number of aromatic nitrogens is 3. The van der Waals surface area contributed by atoms with Crippen molar-refractivity contribution in [3.63, 3.8) is 0 Å². The van der Waals surface area contributed by atoms with Gasteiger partial charge in [0.15, 0.2) is 0 Å². The van der Waals surface area contributed by atoms with E-state index >= 15 is 0 Å². The number of aliphatic carboxylic acids is 1. The zero-order valence-corrected chi connectivity index (χ0v) is 13.8. The van der Waals surface area contributed by atoms with Crippen molar-refractivity contribution in [3.8, 4) is 0 Å². The Morgan fingerprint density at radius 3 is 2.83 bits per heavy atom. The molecule has 2 aromatic rings. The van der Waals surface area contributed by atoms with Crippen molar-refractivity contribution >= 4 is 27.4 Å². The summed E-state index contributed by atoms with van der Waals surface area (Å²) in [5, 5.41) is 17.3. The van der Waals surface area contributed by atoms with E-state index in [1.54, 1.807) is 0 Å². The first kappa shape index (κ1) is 15.9. The first-order chi connectivity index (χ1) is 11.1. The molecule has 2 heterocycles. The van der Waals surface area contributed by atoms with Gasteiger partial charge in [-0.05, 0) is 32.1 Å². The second kappa shape index (κ2) is 6.66. The second-order valence-corrected chi connectivity index (χ2v) is 6.92. The number of fused-ring (bicyclic) bond motifs is 1. The summed E-state index contributed by atoms with van der Waals surface area (Å²) in [5.41, 5.74) is 0.645. The highest BCUT2D eigenvalue weighted by molar-refractivity contribution is 7.20. The fourth-order valence-electron chi connectivity index (χ4n) is 2.96. The van der Waals surface area contributed by atoms with Crippen LogP contribution in [0.4, 0.5) is 5.13 Å². The Bertz CT molecular complexity index is 762. The predicted molar refractivity (Wildman–Crippen MR) is 88.1 cm³/mol. The number of hydrogen-bond donors (Lipinski definition) is 2. The minimum absolute atomic E-state index is 0.155. The molecule has 0 amide bonds. The molecule has 0 aromatic carbocycles. The zero-order chi connectivity index (χ0) is 16.4. The zero-order valence-electron chi connectivity index (χ0n) is 13.0. The van der Waals surface area contributed by atoms with Crippen LogP contribution in [-0.4, -0.2) is 31.7 Å². The van der Waals surface area contributed by atoms with Crippen LogP contribution in [0, 0.1) is 5.92 Å². The number of nitrogens with zero attached hydrogens (tertiary/aromatic N) is 3. The molecule has 0 saturated heterocycles. The van der Waals surface area contributed by atoms with Crippen molar-refractivity contribution in [1.29, 1.82) is 0 Å². The molecule has 8 heteroatoms. The van der Waals surface area contributed by atoms with Crippen molar-refractivity contribution in [1.82, 2.24) is 14.6 Å². The number of hydrogen-bond acceptors (Lipinski definition) is 6. The highest BCUT2D eigenvalue weighted by Gasteiger charge is 2.26. The summed E-state index contributed by atoms with van der Waals surface area (Å²) in [6, 6.07) is 1.75. The van der Waals surface area contributed by atoms with Crippen LogP contribution >= 0.6 is 11.3 Å². The molecule has 7 nitrogen and oxygen atoms in total. The molecule has 2 N–H and O–H groups in total. The lowest BCUT2D eigenvalue weighted by molar-refractivity contribution is -0.142. The SMILES string of the molecule is CCCc1cc(=O)n2nc(NC3CCC(C(=O)O)CC3)sc2n1. The van der Waals surface area contributed by atoms with Crippen molar-refractivity contribution in [3.05, 3.63) is 22.1 Å². The van der Waals surface area contributed by atoms with Crippen LogP contribution in [0.5, 0.6) is 0 Å². The lowest BCUT2D eigenvalue weighted by Gasteiger charge is -2.26. The highest BCUT2D eigenvalue weighted by Crippen LogP contribution is 2.28. The molecular weight excluding hydrogens is 316 g/mol. The third kappa shape index (κ3) is 3.52. The third-order valence-corrected chi connectivity index (χ3v) is 5.05. The first-order valence-electron chi connectivity index (χ1n) is 7.96. The largest absolute Gasteiger partial charge is 0.481 e. The lowest BCUT2D eigenvalue weighted by Crippen LogP contribution is -2.29. The Morgan fingerprint density at radius 1 is 1.43 bits per heavy atom. The van der Waals surface area contributed by atoms with Gasteiger partial charge in [0.25, 0.3) is 5.56 Å². The number of carbonyl (C=O) groups is 1. The number of aryl methyl sites for hydroxylation is 1. The first-order valence-corrected chi connectivity index (χ1v) is 8.77. The van der Waals surface area contributed by atoms with Gasteiger partial charge in [-0.25, -0.2) is 4.98 Å². The van der Waals surface area contributed by atoms with Crippen molar-refractivity contribution in [2.24, 2.45) is 5.92 Å². The number of anilines is 1. The molecule has 0 bridgehead atoms. The van der Waals surface area contributed by atoms with Gasteiger partial charge in [-0.3, -0.25) is 9.59 Å². The molecule has 0 unspecified atom stereocenters. The number of carboxylic acid groups (broad SMARTS) is 1. The summed E-state index contributed by atoms with van der Waals surface area (Å²) in [7, 11) is 0. The molecule has 23 heavy (non-hydrogen) atoms. The van der Waals surface area contributed by atoms with E-state index in [0.717, 1.165) is 31.4 Å². The molecule has 1 aliphatic rings. The lowest BCUT2D eigenvalue weighted by atomic mass is 9.86. The predicted octanol–water partition coefficient (Wildman–Crippen LogP) is 2.16. The van der Waals surface area contributed by atoms with Gasteiger partial charge >= 0.3 is 5.97 Å². The van der Waals surface area contributed by atoms with E-state index in [2.05, 4.69) is 22.3 Å². The maximum atomic E-state index is 12.1. The average molecular weight is 336 g/mol. The Kier molecular flexibility index (Phi) is 4.61. The van der Waals surface area contributed by atoms with Crippen molar-refractivity contribution in [2.75, 3.05) is 5.32 Å². The third-order valence-electron chi connectivity index (χ3n) is 4.21. The van der Waals surface area contributed by atoms with Gasteiger partial charge in [-0.2, -0.15) is 4.52 Å². The van der Waals surface area contributed by atoms with E-state index in [4.69, 9.17) is 5.11 Å². The summed E-state index contributed by atoms with van der Waals surface area (Å²) < 4.78 is 1.33. The van der Waals surface area contributed by atoms with Crippen LogP contribution in [-0.2, 0) is 11.2 Å². The maximum Gasteiger partial charge on any atom is 0.306 e. The Balaban J connectivity index is 1.73. The standard InChI is InChI=1S/C15H20N4O3S/c1-2-3-11-8-12(20)19-15(17-11)23-14(18-19)16-10-6-4-9(5-7-10)13(21)22/h8-10H,2-7H2,1H3,(H,16,18)(H,21,22). The molecular formula is C15H20N4O3S. The van der Waals surface area contributed by atoms with Crippen LogP contribution in [0.2, 0.25) is 0 Å². The number of nitrogens with one attached hydrogen (secondary N) is 1. The topological polar surface area (TPSA) is 96.6 Å². The van der Waals surface area contributed by atoms with Crippen LogP contribution in [0.3, 0.4) is 0 Å². The van der Waals surface area contributed by atoms with Crippen LogP contribution < -0.4 is 10.9 Å². The van der Waals surface area contributed by atoms with Gasteiger partial charge in [0.2, 0.25) is 10.1 Å². The minimum atomic E-state index is -0.706. The highest BCUT2D eigenvalue weighted by atomic mass is 32.1. The smallest absolute Gasteiger partial charge is 0.306 e. The van der Waals surface area contributed by atoms with Crippen LogP contribution in [0.25, 0.3) is 4.96 Å². The van der Waals surface area contributed by atoms with E-state index in [1.807, 2.05) is 0 Å². The summed E-state index contributed by atoms with van der Waals surface area (Å²) in [4.78, 5) is 28.1. The second-order valence-electron chi connectivity index (χ2n) is 5.97. The molecule has 0 atom stereocenters. The quantitative estimate of drug-likeness (QED) is 0.868. The van der Waals surface area contributed by atoms with Crippen molar-refractivity contribution < 1.29 is 9.90 Å². The molecule has 1 saturated carbocycles. The summed E-state index contributed by atoms with van der Waals surface area (Å²) in [6.45, 7) is 2.05. The van der Waals surface area contributed by atoms with E-state index < -0.39 is 5.97 Å². The summed E-state index contributed by atoms with van der Waals surface area (Å²) in [5.74, 6) is -0.938. The molecule has 0 aliphatic heterocycles. The molecule has 1 fully saturated rings. The molecule has 0 spiro atoms. The van der Waals surface area contributed by atoms with Crippen molar-refractivity contribution in [2.45, 2.75) is 51.5 Å². The fourth-order valence-corrected chi connectivity index (χ4v) is 3.86. The normalized spacial score (nSPS) is 21.4. The Hall–Kier alpha value is -1.96. The van der Waals surface area contributed by atoms with Gasteiger partial charge in [0.05, 0.1) is 5.92 Å². The van der Waals surface area contributed by atoms with E-state index in [-0.39, 0.29) is 17.5 Å². The molecule has 0 radical (unpaired) electrons. The van der Waals surface area contributed by atoms with Crippen LogP contribution in [0.1, 0.15) is 44.7 Å². The van der Waals surface area contributed by atoms with Gasteiger partial charge in [0, 0.05) is 17.8 Å². The minimum Gasteiger partial charge on any atom is -0.481 e. The Labute approximate surface area is 137 Å². The van der Waals surface area contributed by atoms with Crippen LogP contribution in [0.15, 0.2) is 10.9 Å². The van der Waals surface area contributed by atoms with E-state index in [0.29, 0.717) is 22.9 Å². The van der Waals surface area contributed by atoms with E-state index in [9.17, 15) is 9.59 Å². The fraction of sp³-hybridized carbons (Fsp3) is 0.600. The Morgan fingerprint density at radius 2 is 2.17 bits per heavy atom. The van der Waals surface area contributed by atoms with E-state index in [1.165, 1.54) is 21.9 Å². The molecule has 3 rings (SSSR count). The monoisotopic (exact) mass is 336 g/mol. The summed E-state index contributed by atoms with van der Waals surface area (Å²) in [6.07, 6.45) is 4.69. The maximum absolute atomic E-state index is 12.1. The van der Waals surface area contributed by atoms with Gasteiger partial charge in [-0.15, -0.1) is 5.10 Å². The molecule has 1 aliphatic carbocycles. The molecule has 2 aromatic heterocycles. The summed E-state index contributed by atoms with van der Waals surface area (Å²) >= 11 is 1.37. The van der Waals surface area contributed by atoms with Gasteiger partial charge < -0.3 is 10.4 Å². The number of rotatable bonds is 5.